The standard InChI is InChI=1S/C21H19N3O5S/c1-14-6-7-15(2)20(12-14)23-30(28,29)19-10-8-17(9-11-19)22-21(25)16-4-3-5-18(13-16)24(26)27/h3-13,23H,1-2H3,(H,22,25). The number of nitro benzene ring substituents is 1. The van der Waals surface area contributed by atoms with Gasteiger partial charge in [-0.3, -0.25) is 19.6 Å². The molecule has 3 aromatic rings. The topological polar surface area (TPSA) is 118 Å². The number of rotatable bonds is 6. The summed E-state index contributed by atoms with van der Waals surface area (Å²) in [5.41, 5.74) is 2.51. The molecule has 0 spiro atoms. The lowest BCUT2D eigenvalue weighted by molar-refractivity contribution is -0.384. The Balaban J connectivity index is 1.75. The van der Waals surface area contributed by atoms with E-state index in [1.54, 1.807) is 6.07 Å². The van der Waals surface area contributed by atoms with E-state index in [4.69, 9.17) is 0 Å². The lowest BCUT2D eigenvalue weighted by atomic mass is 10.1. The van der Waals surface area contributed by atoms with Crippen molar-refractivity contribution >= 4 is 33.0 Å². The third-order valence-corrected chi connectivity index (χ3v) is 5.76. The second-order valence-electron chi connectivity index (χ2n) is 6.71. The van der Waals surface area contributed by atoms with Crippen molar-refractivity contribution < 1.29 is 18.1 Å². The van der Waals surface area contributed by atoms with E-state index >= 15 is 0 Å². The number of benzene rings is 3. The highest BCUT2D eigenvalue weighted by Gasteiger charge is 2.16. The molecule has 0 aliphatic carbocycles. The molecule has 3 rings (SSSR count). The predicted octanol–water partition coefficient (Wildman–Crippen LogP) is 4.26. The Kier molecular flexibility index (Phi) is 5.84. The molecule has 30 heavy (non-hydrogen) atoms. The molecule has 0 saturated heterocycles. The minimum Gasteiger partial charge on any atom is -0.322 e. The molecule has 2 N–H and O–H groups in total. The number of nitrogens with one attached hydrogen (secondary N) is 2. The summed E-state index contributed by atoms with van der Waals surface area (Å²) in [6, 6.07) is 16.5. The molecule has 1 amide bonds. The smallest absolute Gasteiger partial charge is 0.270 e. The van der Waals surface area contributed by atoms with Gasteiger partial charge in [-0.05, 0) is 61.4 Å². The molecule has 0 heterocycles. The number of non-ortho nitro benzene ring substituents is 1. The summed E-state index contributed by atoms with van der Waals surface area (Å²) in [4.78, 5) is 22.6. The van der Waals surface area contributed by atoms with E-state index in [1.807, 2.05) is 26.0 Å². The first-order chi connectivity index (χ1) is 14.2. The quantitative estimate of drug-likeness (QED) is 0.452. The molecule has 0 aliphatic rings. The Labute approximate surface area is 173 Å². The van der Waals surface area contributed by atoms with E-state index in [2.05, 4.69) is 10.0 Å². The highest BCUT2D eigenvalue weighted by atomic mass is 32.2. The minimum atomic E-state index is -3.80. The van der Waals surface area contributed by atoms with Crippen LogP contribution in [0.25, 0.3) is 0 Å². The van der Waals surface area contributed by atoms with Gasteiger partial charge in [0.2, 0.25) is 0 Å². The molecule has 9 heteroatoms. The van der Waals surface area contributed by atoms with Crippen LogP contribution in [0.4, 0.5) is 17.1 Å². The molecule has 0 atom stereocenters. The molecule has 0 aromatic heterocycles. The molecule has 0 fully saturated rings. The Bertz CT molecular complexity index is 1220. The Morgan fingerprint density at radius 1 is 0.967 bits per heavy atom. The zero-order valence-electron chi connectivity index (χ0n) is 16.2. The van der Waals surface area contributed by atoms with E-state index in [0.29, 0.717) is 11.4 Å². The zero-order chi connectivity index (χ0) is 21.9. The number of sulfonamides is 1. The van der Waals surface area contributed by atoms with E-state index < -0.39 is 20.9 Å². The highest BCUT2D eigenvalue weighted by molar-refractivity contribution is 7.92. The average Bonchev–Trinajstić information content (AvgIpc) is 2.71. The van der Waals surface area contributed by atoms with Crippen molar-refractivity contribution in [1.29, 1.82) is 0 Å². The van der Waals surface area contributed by atoms with Crippen LogP contribution in [0.2, 0.25) is 0 Å². The fourth-order valence-electron chi connectivity index (χ4n) is 2.73. The van der Waals surface area contributed by atoms with Crippen LogP contribution in [-0.4, -0.2) is 19.2 Å². The van der Waals surface area contributed by atoms with E-state index in [9.17, 15) is 23.3 Å². The minimum absolute atomic E-state index is 0.0387. The van der Waals surface area contributed by atoms with Crippen LogP contribution < -0.4 is 10.0 Å². The largest absolute Gasteiger partial charge is 0.322 e. The van der Waals surface area contributed by atoms with Crippen LogP contribution >= 0.6 is 0 Å². The third kappa shape index (κ3) is 4.81. The first-order valence-electron chi connectivity index (χ1n) is 8.92. The van der Waals surface area contributed by atoms with Crippen molar-refractivity contribution in [1.82, 2.24) is 0 Å². The summed E-state index contributed by atoms with van der Waals surface area (Å²) in [7, 11) is -3.80. The molecular weight excluding hydrogens is 406 g/mol. The fourth-order valence-corrected chi connectivity index (χ4v) is 3.85. The summed E-state index contributed by atoms with van der Waals surface area (Å²) in [5, 5.41) is 13.4. The van der Waals surface area contributed by atoms with Gasteiger partial charge in [-0.1, -0.05) is 18.2 Å². The van der Waals surface area contributed by atoms with Crippen molar-refractivity contribution in [3.63, 3.8) is 0 Å². The van der Waals surface area contributed by atoms with Gasteiger partial charge in [0.1, 0.15) is 0 Å². The van der Waals surface area contributed by atoms with Gasteiger partial charge in [0.05, 0.1) is 15.5 Å². The fraction of sp³-hybridized carbons (Fsp3) is 0.0952. The number of aryl methyl sites for hydroxylation is 2. The van der Waals surface area contributed by atoms with Crippen LogP contribution in [0.5, 0.6) is 0 Å². The number of anilines is 2. The molecule has 8 nitrogen and oxygen atoms in total. The second-order valence-corrected chi connectivity index (χ2v) is 8.39. The Morgan fingerprint density at radius 3 is 2.33 bits per heavy atom. The van der Waals surface area contributed by atoms with Gasteiger partial charge in [0.25, 0.3) is 21.6 Å². The molecule has 3 aromatic carbocycles. The molecule has 0 saturated carbocycles. The van der Waals surface area contributed by atoms with Gasteiger partial charge in [-0.25, -0.2) is 8.42 Å². The van der Waals surface area contributed by atoms with Gasteiger partial charge in [0.15, 0.2) is 0 Å². The summed E-state index contributed by atoms with van der Waals surface area (Å²) >= 11 is 0. The maximum absolute atomic E-state index is 12.7. The zero-order valence-corrected chi connectivity index (χ0v) is 17.1. The van der Waals surface area contributed by atoms with Gasteiger partial charge >= 0.3 is 0 Å². The number of carbonyl (C=O) groups excluding carboxylic acids is 1. The normalized spacial score (nSPS) is 11.0. The summed E-state index contributed by atoms with van der Waals surface area (Å²) in [6.07, 6.45) is 0. The molecular formula is C21H19N3O5S. The Hall–Kier alpha value is -3.72. The van der Waals surface area contributed by atoms with E-state index in [0.717, 1.165) is 11.1 Å². The molecule has 0 radical (unpaired) electrons. The van der Waals surface area contributed by atoms with Crippen molar-refractivity contribution in [2.75, 3.05) is 10.0 Å². The third-order valence-electron chi connectivity index (χ3n) is 4.38. The summed E-state index contributed by atoms with van der Waals surface area (Å²) in [6.45, 7) is 3.68. The second kappa shape index (κ2) is 8.34. The van der Waals surface area contributed by atoms with Gasteiger partial charge in [-0.2, -0.15) is 0 Å². The highest BCUT2D eigenvalue weighted by Crippen LogP contribution is 2.22. The van der Waals surface area contributed by atoms with Crippen molar-refractivity contribution in [3.05, 3.63) is 93.5 Å². The van der Waals surface area contributed by atoms with Gasteiger partial charge in [-0.15, -0.1) is 0 Å². The number of hydrogen-bond donors (Lipinski definition) is 2. The monoisotopic (exact) mass is 425 g/mol. The average molecular weight is 425 g/mol. The maximum Gasteiger partial charge on any atom is 0.270 e. The Morgan fingerprint density at radius 2 is 1.67 bits per heavy atom. The van der Waals surface area contributed by atoms with Gasteiger partial charge in [0, 0.05) is 23.4 Å². The molecule has 154 valence electrons. The van der Waals surface area contributed by atoms with Crippen LogP contribution in [0.1, 0.15) is 21.5 Å². The van der Waals surface area contributed by atoms with Crippen LogP contribution in [0.15, 0.2) is 71.6 Å². The van der Waals surface area contributed by atoms with Crippen molar-refractivity contribution in [2.45, 2.75) is 18.7 Å². The first-order valence-corrected chi connectivity index (χ1v) is 10.4. The predicted molar refractivity (Wildman–Crippen MR) is 114 cm³/mol. The van der Waals surface area contributed by atoms with E-state index in [-0.39, 0.29) is 16.1 Å². The summed E-state index contributed by atoms with van der Waals surface area (Å²) in [5.74, 6) is -0.539. The van der Waals surface area contributed by atoms with Crippen molar-refractivity contribution in [2.24, 2.45) is 0 Å². The molecule has 0 aliphatic heterocycles. The number of nitrogens with zero attached hydrogens (tertiary/aromatic N) is 1. The SMILES string of the molecule is Cc1ccc(C)c(NS(=O)(=O)c2ccc(NC(=O)c3cccc([N+](=O)[O-])c3)cc2)c1. The molecule has 0 unspecified atom stereocenters. The maximum atomic E-state index is 12.7. The van der Waals surface area contributed by atoms with Crippen molar-refractivity contribution in [3.8, 4) is 0 Å². The van der Waals surface area contributed by atoms with Crippen LogP contribution in [0, 0.1) is 24.0 Å². The van der Waals surface area contributed by atoms with Crippen LogP contribution in [-0.2, 0) is 10.0 Å². The number of amides is 1. The number of carbonyl (C=O) groups is 1. The molecule has 0 bridgehead atoms. The number of nitro groups is 1. The summed E-state index contributed by atoms with van der Waals surface area (Å²) < 4.78 is 27.9. The van der Waals surface area contributed by atoms with Gasteiger partial charge < -0.3 is 5.32 Å². The lowest BCUT2D eigenvalue weighted by Crippen LogP contribution is -2.15. The van der Waals surface area contributed by atoms with E-state index in [1.165, 1.54) is 48.5 Å². The lowest BCUT2D eigenvalue weighted by Gasteiger charge is -2.12. The van der Waals surface area contributed by atoms with Crippen LogP contribution in [0.3, 0.4) is 0 Å². The number of hydrogen-bond acceptors (Lipinski definition) is 5. The first kappa shape index (κ1) is 21.0.